The van der Waals surface area contributed by atoms with Crippen LogP contribution in [0.25, 0.3) is 0 Å². The maximum Gasteiger partial charge on any atom is 0.253 e. The van der Waals surface area contributed by atoms with Gasteiger partial charge in [-0.15, -0.1) is 5.10 Å². The van der Waals surface area contributed by atoms with Crippen LogP contribution in [0.4, 0.5) is 0 Å². The first kappa shape index (κ1) is 18.2. The fraction of sp³-hybridized carbons (Fsp3) is 0.476. The molecule has 0 atom stereocenters. The first-order valence-corrected chi connectivity index (χ1v) is 10.1. The van der Waals surface area contributed by atoms with Crippen molar-refractivity contribution in [3.63, 3.8) is 0 Å². The number of fused-ring (bicyclic) bond motifs is 1. The number of piperidine rings is 1. The van der Waals surface area contributed by atoms with Crippen molar-refractivity contribution in [1.29, 1.82) is 0 Å². The number of carbonyl (C=O) groups excluding carboxylic acids is 1. The lowest BCUT2D eigenvalue weighted by Gasteiger charge is -2.32. The quantitative estimate of drug-likeness (QED) is 0.799. The predicted octanol–water partition coefficient (Wildman–Crippen LogP) is 3.94. The second kappa shape index (κ2) is 8.26. The van der Waals surface area contributed by atoms with Crippen LogP contribution in [-0.2, 0) is 12.8 Å². The van der Waals surface area contributed by atoms with Gasteiger partial charge in [0, 0.05) is 29.7 Å². The molecule has 5 nitrogen and oxygen atoms in total. The minimum Gasteiger partial charge on any atom is -0.476 e. The number of carbonyl (C=O) groups is 1. The van der Waals surface area contributed by atoms with Crippen LogP contribution >= 0.6 is 11.6 Å². The van der Waals surface area contributed by atoms with Gasteiger partial charge in [0.05, 0.1) is 12.3 Å². The van der Waals surface area contributed by atoms with Gasteiger partial charge in [-0.3, -0.25) is 4.79 Å². The van der Waals surface area contributed by atoms with Gasteiger partial charge in [-0.25, -0.2) is 0 Å². The summed E-state index contributed by atoms with van der Waals surface area (Å²) in [6.45, 7) is 2.15. The van der Waals surface area contributed by atoms with Crippen molar-refractivity contribution in [2.24, 2.45) is 5.92 Å². The maximum atomic E-state index is 12.6. The van der Waals surface area contributed by atoms with Crippen LogP contribution in [0.3, 0.4) is 0 Å². The molecule has 1 aromatic carbocycles. The van der Waals surface area contributed by atoms with Crippen LogP contribution in [0, 0.1) is 5.92 Å². The van der Waals surface area contributed by atoms with Gasteiger partial charge in [-0.05, 0) is 74.3 Å². The molecule has 2 heterocycles. The van der Waals surface area contributed by atoms with Gasteiger partial charge < -0.3 is 9.64 Å². The van der Waals surface area contributed by atoms with Crippen molar-refractivity contribution in [1.82, 2.24) is 15.1 Å². The Labute approximate surface area is 164 Å². The summed E-state index contributed by atoms with van der Waals surface area (Å²) in [6, 6.07) is 9.15. The Morgan fingerprint density at radius 1 is 1.11 bits per heavy atom. The zero-order valence-electron chi connectivity index (χ0n) is 15.4. The maximum absolute atomic E-state index is 12.6. The molecule has 1 aliphatic carbocycles. The van der Waals surface area contributed by atoms with Crippen LogP contribution in [0.1, 0.15) is 47.3 Å². The molecule has 1 amide bonds. The van der Waals surface area contributed by atoms with E-state index in [2.05, 4.69) is 16.3 Å². The van der Waals surface area contributed by atoms with Crippen LogP contribution in [0.15, 0.2) is 30.3 Å². The Bertz CT molecular complexity index is 802. The van der Waals surface area contributed by atoms with Crippen molar-refractivity contribution in [2.45, 2.75) is 38.5 Å². The molecule has 0 spiro atoms. The largest absolute Gasteiger partial charge is 0.476 e. The van der Waals surface area contributed by atoms with Crippen molar-refractivity contribution < 1.29 is 9.53 Å². The van der Waals surface area contributed by atoms with Gasteiger partial charge in [0.1, 0.15) is 0 Å². The second-order valence-electron chi connectivity index (χ2n) is 7.42. The monoisotopic (exact) mass is 385 g/mol. The summed E-state index contributed by atoms with van der Waals surface area (Å²) >= 11 is 5.90. The molecule has 0 N–H and O–H groups in total. The Balaban J connectivity index is 1.27. The molecule has 6 heteroatoms. The lowest BCUT2D eigenvalue weighted by atomic mass is 9.96. The highest BCUT2D eigenvalue weighted by atomic mass is 35.5. The van der Waals surface area contributed by atoms with Crippen LogP contribution < -0.4 is 4.74 Å². The third kappa shape index (κ3) is 4.41. The van der Waals surface area contributed by atoms with E-state index in [1.807, 2.05) is 4.90 Å². The molecular weight excluding hydrogens is 362 g/mol. The highest BCUT2D eigenvalue weighted by Crippen LogP contribution is 2.24. The Morgan fingerprint density at radius 3 is 2.63 bits per heavy atom. The van der Waals surface area contributed by atoms with Crippen molar-refractivity contribution in [3.05, 3.63) is 52.2 Å². The summed E-state index contributed by atoms with van der Waals surface area (Å²) in [5.41, 5.74) is 3.11. The van der Waals surface area contributed by atoms with E-state index in [0.29, 0.717) is 29.0 Å². The Hall–Kier alpha value is -2.14. The average Bonchev–Trinajstić information content (AvgIpc) is 2.72. The van der Waals surface area contributed by atoms with E-state index in [-0.39, 0.29) is 5.91 Å². The highest BCUT2D eigenvalue weighted by molar-refractivity contribution is 6.30. The summed E-state index contributed by atoms with van der Waals surface area (Å²) in [4.78, 5) is 14.5. The molecule has 2 aromatic rings. The molecule has 1 fully saturated rings. The first-order valence-electron chi connectivity index (χ1n) is 9.72. The number of aryl methyl sites for hydroxylation is 2. The number of hydrogen-bond acceptors (Lipinski definition) is 4. The molecule has 4 rings (SSSR count). The molecule has 1 aromatic heterocycles. The molecule has 0 unspecified atom stereocenters. The summed E-state index contributed by atoms with van der Waals surface area (Å²) in [5, 5.41) is 9.19. The van der Waals surface area contributed by atoms with E-state index in [0.717, 1.165) is 44.5 Å². The SMILES string of the molecule is O=C(c1ccc(Cl)cc1)N1CCC(COc2cc3c(nn2)CCCC3)CC1. The third-order valence-corrected chi connectivity index (χ3v) is 5.76. The van der Waals surface area contributed by atoms with Crippen LogP contribution in [-0.4, -0.2) is 40.7 Å². The van der Waals surface area contributed by atoms with E-state index in [1.54, 1.807) is 24.3 Å². The second-order valence-corrected chi connectivity index (χ2v) is 7.85. The number of amides is 1. The van der Waals surface area contributed by atoms with Gasteiger partial charge >= 0.3 is 0 Å². The van der Waals surface area contributed by atoms with Gasteiger partial charge in [-0.1, -0.05) is 11.6 Å². The van der Waals surface area contributed by atoms with E-state index in [1.165, 1.54) is 18.4 Å². The topological polar surface area (TPSA) is 55.3 Å². The molecule has 1 saturated heterocycles. The third-order valence-electron chi connectivity index (χ3n) is 5.51. The Kier molecular flexibility index (Phi) is 5.58. The van der Waals surface area contributed by atoms with Crippen LogP contribution in [0.5, 0.6) is 5.88 Å². The van der Waals surface area contributed by atoms with E-state index < -0.39 is 0 Å². The standard InChI is InChI=1S/C21H24ClN3O2/c22-18-7-5-16(6-8-18)21(26)25-11-9-15(10-12-25)14-27-20-13-17-3-1-2-4-19(17)23-24-20/h5-8,13,15H,1-4,9-12,14H2. The lowest BCUT2D eigenvalue weighted by Crippen LogP contribution is -2.39. The molecule has 27 heavy (non-hydrogen) atoms. The predicted molar refractivity (Wildman–Crippen MR) is 104 cm³/mol. The number of aromatic nitrogens is 2. The summed E-state index contributed by atoms with van der Waals surface area (Å²) < 4.78 is 5.91. The number of benzene rings is 1. The molecule has 142 valence electrons. The number of ether oxygens (including phenoxy) is 1. The zero-order chi connectivity index (χ0) is 18.6. The lowest BCUT2D eigenvalue weighted by molar-refractivity contribution is 0.0659. The molecule has 0 radical (unpaired) electrons. The molecule has 1 aliphatic heterocycles. The summed E-state index contributed by atoms with van der Waals surface area (Å²) in [5.74, 6) is 1.15. The summed E-state index contributed by atoms with van der Waals surface area (Å²) in [7, 11) is 0. The molecule has 0 bridgehead atoms. The van der Waals surface area contributed by atoms with Gasteiger partial charge in [-0.2, -0.15) is 5.10 Å². The Morgan fingerprint density at radius 2 is 1.85 bits per heavy atom. The van der Waals surface area contributed by atoms with Crippen molar-refractivity contribution in [3.8, 4) is 5.88 Å². The summed E-state index contributed by atoms with van der Waals surface area (Å²) in [6.07, 6.45) is 6.41. The first-order chi connectivity index (χ1) is 13.2. The molecule has 2 aliphatic rings. The smallest absolute Gasteiger partial charge is 0.253 e. The van der Waals surface area contributed by atoms with Gasteiger partial charge in [0.25, 0.3) is 5.91 Å². The molecular formula is C21H24ClN3O2. The molecule has 0 saturated carbocycles. The van der Waals surface area contributed by atoms with E-state index in [9.17, 15) is 4.79 Å². The van der Waals surface area contributed by atoms with Crippen molar-refractivity contribution >= 4 is 17.5 Å². The van der Waals surface area contributed by atoms with Gasteiger partial charge in [0.15, 0.2) is 0 Å². The van der Waals surface area contributed by atoms with Crippen LogP contribution in [0.2, 0.25) is 5.02 Å². The number of hydrogen-bond donors (Lipinski definition) is 0. The normalized spacial score (nSPS) is 17.4. The number of halogens is 1. The number of rotatable bonds is 4. The van der Waals surface area contributed by atoms with E-state index in [4.69, 9.17) is 16.3 Å². The van der Waals surface area contributed by atoms with Gasteiger partial charge in [0.2, 0.25) is 5.88 Å². The highest BCUT2D eigenvalue weighted by Gasteiger charge is 2.24. The van der Waals surface area contributed by atoms with Crippen molar-refractivity contribution in [2.75, 3.05) is 19.7 Å². The zero-order valence-corrected chi connectivity index (χ0v) is 16.1. The number of nitrogens with zero attached hydrogens (tertiary/aromatic N) is 3. The minimum atomic E-state index is 0.0755. The van der Waals surface area contributed by atoms with E-state index >= 15 is 0 Å². The average molecular weight is 386 g/mol. The number of likely N-dealkylation sites (tertiary alicyclic amines) is 1. The fourth-order valence-corrected chi connectivity index (χ4v) is 3.95. The minimum absolute atomic E-state index is 0.0755. The fourth-order valence-electron chi connectivity index (χ4n) is 3.82.